The number of ether oxygens (including phenoxy) is 3. The van der Waals surface area contributed by atoms with Gasteiger partial charge in [0.25, 0.3) is 0 Å². The molecular formula is C12H23NO4. The van der Waals surface area contributed by atoms with Gasteiger partial charge in [-0.2, -0.15) is 0 Å². The van der Waals surface area contributed by atoms with Crippen LogP contribution in [0, 0.1) is 5.92 Å². The van der Waals surface area contributed by atoms with Gasteiger partial charge in [-0.25, -0.2) is 0 Å². The number of carbonyl (C=O) groups is 1. The summed E-state index contributed by atoms with van der Waals surface area (Å²) in [6.07, 6.45) is 2.21. The third-order valence-corrected chi connectivity index (χ3v) is 2.93. The van der Waals surface area contributed by atoms with Crippen LogP contribution in [-0.2, 0) is 19.0 Å². The number of rotatable bonds is 7. The van der Waals surface area contributed by atoms with E-state index in [1.807, 2.05) is 0 Å². The van der Waals surface area contributed by atoms with Crippen molar-refractivity contribution in [3.8, 4) is 0 Å². The van der Waals surface area contributed by atoms with Gasteiger partial charge in [0.15, 0.2) is 0 Å². The van der Waals surface area contributed by atoms with Crippen LogP contribution in [0.2, 0.25) is 0 Å². The second-order valence-electron chi connectivity index (χ2n) is 4.32. The molecule has 0 radical (unpaired) electrons. The quantitative estimate of drug-likeness (QED) is 0.525. The van der Waals surface area contributed by atoms with Crippen LogP contribution in [0.3, 0.4) is 0 Å². The lowest BCUT2D eigenvalue weighted by Crippen LogP contribution is -2.46. The van der Waals surface area contributed by atoms with Gasteiger partial charge in [-0.15, -0.1) is 0 Å². The Kier molecular flexibility index (Phi) is 7.16. The van der Waals surface area contributed by atoms with Crippen LogP contribution >= 0.6 is 0 Å². The van der Waals surface area contributed by atoms with Crippen LogP contribution in [0.5, 0.6) is 0 Å². The van der Waals surface area contributed by atoms with Gasteiger partial charge in [-0.1, -0.05) is 6.92 Å². The molecule has 100 valence electrons. The molecule has 1 aliphatic heterocycles. The molecule has 0 saturated carbocycles. The number of carbonyl (C=O) groups excluding carboxylic acids is 1. The first kappa shape index (κ1) is 14.4. The fraction of sp³-hybridized carbons (Fsp3) is 0.917. The summed E-state index contributed by atoms with van der Waals surface area (Å²) in [6, 6.07) is -0.150. The van der Waals surface area contributed by atoms with E-state index < -0.39 is 0 Å². The zero-order valence-electron chi connectivity index (χ0n) is 10.7. The number of hydrogen-bond donors (Lipinski definition) is 1. The van der Waals surface area contributed by atoms with Crippen molar-refractivity contribution in [1.29, 1.82) is 0 Å². The lowest BCUT2D eigenvalue weighted by Gasteiger charge is -2.28. The molecule has 0 spiro atoms. The van der Waals surface area contributed by atoms with Crippen LogP contribution < -0.4 is 5.32 Å². The van der Waals surface area contributed by atoms with E-state index in [4.69, 9.17) is 14.2 Å². The highest BCUT2D eigenvalue weighted by atomic mass is 16.6. The van der Waals surface area contributed by atoms with Crippen LogP contribution in [0.15, 0.2) is 0 Å². The van der Waals surface area contributed by atoms with Gasteiger partial charge in [0.1, 0.15) is 12.6 Å². The normalized spacial score (nSPS) is 24.6. The molecule has 1 heterocycles. The minimum absolute atomic E-state index is 0.150. The van der Waals surface area contributed by atoms with Crippen molar-refractivity contribution in [1.82, 2.24) is 5.32 Å². The highest BCUT2D eigenvalue weighted by molar-refractivity contribution is 5.76. The van der Waals surface area contributed by atoms with Gasteiger partial charge in [-0.3, -0.25) is 4.79 Å². The minimum atomic E-state index is -0.160. The molecule has 5 nitrogen and oxygen atoms in total. The van der Waals surface area contributed by atoms with Gasteiger partial charge < -0.3 is 19.5 Å². The fourth-order valence-corrected chi connectivity index (χ4v) is 1.90. The molecule has 2 unspecified atom stereocenters. The molecule has 0 aromatic heterocycles. The Bertz CT molecular complexity index is 223. The van der Waals surface area contributed by atoms with E-state index in [1.54, 1.807) is 7.11 Å². The van der Waals surface area contributed by atoms with Crippen molar-refractivity contribution in [2.24, 2.45) is 5.92 Å². The average molecular weight is 245 g/mol. The van der Waals surface area contributed by atoms with Gasteiger partial charge in [0, 0.05) is 7.11 Å². The monoisotopic (exact) mass is 245 g/mol. The standard InChI is InChI=1S/C12H23NO4/c1-10-4-3-5-13-11(10)12(14)17-9-8-16-7-6-15-2/h10-11,13H,3-9H2,1-2H3. The predicted octanol–water partition coefficient (Wildman–Crippen LogP) is 0.581. The van der Waals surface area contributed by atoms with Gasteiger partial charge in [0.2, 0.25) is 0 Å². The van der Waals surface area contributed by atoms with E-state index in [-0.39, 0.29) is 12.0 Å². The summed E-state index contributed by atoms with van der Waals surface area (Å²) in [6.45, 7) is 4.81. The third-order valence-electron chi connectivity index (χ3n) is 2.93. The molecule has 1 saturated heterocycles. The Morgan fingerprint density at radius 2 is 2.06 bits per heavy atom. The van der Waals surface area contributed by atoms with Crippen molar-refractivity contribution >= 4 is 5.97 Å². The molecule has 1 aliphatic rings. The molecule has 0 amide bonds. The van der Waals surface area contributed by atoms with E-state index in [2.05, 4.69) is 12.2 Å². The van der Waals surface area contributed by atoms with Crippen LogP contribution in [-0.4, -0.2) is 52.1 Å². The number of piperidine rings is 1. The number of esters is 1. The van der Waals surface area contributed by atoms with E-state index in [1.165, 1.54) is 0 Å². The maximum atomic E-state index is 11.7. The first-order valence-corrected chi connectivity index (χ1v) is 6.22. The molecule has 0 aliphatic carbocycles. The maximum absolute atomic E-state index is 11.7. The average Bonchev–Trinajstić information content (AvgIpc) is 2.34. The summed E-state index contributed by atoms with van der Waals surface area (Å²) in [5.41, 5.74) is 0. The molecule has 0 aromatic carbocycles. The summed E-state index contributed by atoms with van der Waals surface area (Å²) in [4.78, 5) is 11.7. The Balaban J connectivity index is 2.07. The van der Waals surface area contributed by atoms with E-state index in [0.29, 0.717) is 32.3 Å². The molecule has 5 heteroatoms. The summed E-state index contributed by atoms with van der Waals surface area (Å²) in [5, 5.41) is 3.19. The Hall–Kier alpha value is -0.650. The molecule has 2 atom stereocenters. The first-order chi connectivity index (χ1) is 8.25. The summed E-state index contributed by atoms with van der Waals surface area (Å²) < 4.78 is 15.2. The smallest absolute Gasteiger partial charge is 0.323 e. The highest BCUT2D eigenvalue weighted by Crippen LogP contribution is 2.16. The lowest BCUT2D eigenvalue weighted by atomic mass is 9.93. The second-order valence-corrected chi connectivity index (χ2v) is 4.32. The Labute approximate surface area is 103 Å². The Morgan fingerprint density at radius 3 is 2.76 bits per heavy atom. The molecule has 1 N–H and O–H groups in total. The maximum Gasteiger partial charge on any atom is 0.323 e. The van der Waals surface area contributed by atoms with Crippen molar-refractivity contribution in [2.45, 2.75) is 25.8 Å². The summed E-state index contributed by atoms with van der Waals surface area (Å²) in [7, 11) is 1.62. The lowest BCUT2D eigenvalue weighted by molar-refractivity contribution is -0.149. The molecule has 17 heavy (non-hydrogen) atoms. The van der Waals surface area contributed by atoms with Crippen LogP contribution in [0.1, 0.15) is 19.8 Å². The van der Waals surface area contributed by atoms with Crippen molar-refractivity contribution in [3.05, 3.63) is 0 Å². The topological polar surface area (TPSA) is 56.8 Å². The predicted molar refractivity (Wildman–Crippen MR) is 63.8 cm³/mol. The first-order valence-electron chi connectivity index (χ1n) is 6.22. The second kappa shape index (κ2) is 8.44. The molecule has 1 rings (SSSR count). The summed E-state index contributed by atoms with van der Waals surface area (Å²) in [5.74, 6) is 0.193. The molecule has 1 fully saturated rings. The van der Waals surface area contributed by atoms with Crippen molar-refractivity contribution < 1.29 is 19.0 Å². The zero-order chi connectivity index (χ0) is 12.5. The minimum Gasteiger partial charge on any atom is -0.462 e. The van der Waals surface area contributed by atoms with Gasteiger partial charge in [0.05, 0.1) is 19.8 Å². The van der Waals surface area contributed by atoms with Gasteiger partial charge in [-0.05, 0) is 25.3 Å². The number of methoxy groups -OCH3 is 1. The van der Waals surface area contributed by atoms with Crippen molar-refractivity contribution in [3.63, 3.8) is 0 Å². The molecule has 0 aromatic rings. The number of hydrogen-bond acceptors (Lipinski definition) is 5. The fourth-order valence-electron chi connectivity index (χ4n) is 1.90. The summed E-state index contributed by atoms with van der Waals surface area (Å²) >= 11 is 0. The van der Waals surface area contributed by atoms with Crippen LogP contribution in [0.25, 0.3) is 0 Å². The highest BCUT2D eigenvalue weighted by Gasteiger charge is 2.28. The SMILES string of the molecule is COCCOCCOC(=O)C1NCCCC1C. The third kappa shape index (κ3) is 5.48. The zero-order valence-corrected chi connectivity index (χ0v) is 10.7. The van der Waals surface area contributed by atoms with Crippen molar-refractivity contribution in [2.75, 3.05) is 40.1 Å². The van der Waals surface area contributed by atoms with E-state index >= 15 is 0 Å². The number of nitrogens with one attached hydrogen (secondary N) is 1. The van der Waals surface area contributed by atoms with E-state index in [0.717, 1.165) is 19.4 Å². The largest absolute Gasteiger partial charge is 0.462 e. The molecular weight excluding hydrogens is 222 g/mol. The molecule has 0 bridgehead atoms. The van der Waals surface area contributed by atoms with Crippen LogP contribution in [0.4, 0.5) is 0 Å². The van der Waals surface area contributed by atoms with Gasteiger partial charge >= 0.3 is 5.97 Å². The Morgan fingerprint density at radius 1 is 1.29 bits per heavy atom. The van der Waals surface area contributed by atoms with E-state index in [9.17, 15) is 4.79 Å².